The van der Waals surface area contributed by atoms with E-state index < -0.39 is 35.8 Å². The lowest BCUT2D eigenvalue weighted by Crippen LogP contribution is -2.61. The number of urea groups is 1. The number of nitrogens with one attached hydrogen (secondary N) is 1. The summed E-state index contributed by atoms with van der Waals surface area (Å²) >= 11 is 0. The fourth-order valence-electron chi connectivity index (χ4n) is 6.92. The van der Waals surface area contributed by atoms with Crippen molar-refractivity contribution in [3.05, 3.63) is 82.9 Å². The fraction of sp³-hybridized carbons (Fsp3) is 0.343. The third-order valence-corrected chi connectivity index (χ3v) is 9.71. The van der Waals surface area contributed by atoms with Crippen LogP contribution in [0.4, 0.5) is 32.4 Å². The normalized spacial score (nSPS) is 17.7. The Morgan fingerprint density at radius 3 is 2.28 bits per heavy atom. The first-order valence-electron chi connectivity index (χ1n) is 16.2. The maximum atomic E-state index is 15.4. The molecule has 2 aliphatic heterocycles. The zero-order valence-corrected chi connectivity index (χ0v) is 28.1. The van der Waals surface area contributed by atoms with E-state index in [0.29, 0.717) is 16.8 Å². The molecule has 3 N–H and O–H groups in total. The molecule has 18 heteroatoms. The molecule has 4 heterocycles. The number of aromatic carboxylic acids is 1. The van der Waals surface area contributed by atoms with Crippen LogP contribution in [0.3, 0.4) is 0 Å². The highest BCUT2D eigenvalue weighted by Crippen LogP contribution is 2.57. The summed E-state index contributed by atoms with van der Waals surface area (Å²) in [5.74, 6) is -5.14. The molecule has 2 aromatic heterocycles. The van der Waals surface area contributed by atoms with Gasteiger partial charge in [0.05, 0.1) is 5.69 Å². The smallest absolute Gasteiger partial charge is 0.475 e. The average Bonchev–Trinajstić information content (AvgIpc) is 3.55. The van der Waals surface area contributed by atoms with Crippen LogP contribution in [0.1, 0.15) is 65.5 Å². The predicted octanol–water partition coefficient (Wildman–Crippen LogP) is 6.10. The predicted molar refractivity (Wildman–Crippen MR) is 175 cm³/mol. The molecule has 1 spiro atoms. The molecule has 53 heavy (non-hydrogen) atoms. The van der Waals surface area contributed by atoms with Crippen LogP contribution in [0.5, 0.6) is 0 Å². The van der Waals surface area contributed by atoms with Crippen LogP contribution in [0.2, 0.25) is 0 Å². The van der Waals surface area contributed by atoms with Crippen molar-refractivity contribution in [2.24, 2.45) is 5.41 Å². The summed E-state index contributed by atoms with van der Waals surface area (Å²) in [7, 11) is 0. The van der Waals surface area contributed by atoms with Gasteiger partial charge in [0.1, 0.15) is 11.6 Å². The average molecular weight is 743 g/mol. The molecular formula is C35H31F5N6O7. The van der Waals surface area contributed by atoms with E-state index in [4.69, 9.17) is 19.5 Å². The fourth-order valence-corrected chi connectivity index (χ4v) is 6.92. The lowest BCUT2D eigenvalue weighted by atomic mass is 9.56. The van der Waals surface area contributed by atoms with Crippen molar-refractivity contribution in [3.63, 3.8) is 0 Å². The molecular weight excluding hydrogens is 711 g/mol. The number of imide groups is 1. The van der Waals surface area contributed by atoms with Crippen LogP contribution in [0.25, 0.3) is 22.6 Å². The molecule has 7 rings (SSSR count). The number of halogens is 5. The number of carboxylic acid groups (broad SMARTS) is 2. The molecule has 3 aliphatic rings. The maximum absolute atomic E-state index is 15.4. The highest BCUT2D eigenvalue weighted by atomic mass is 19.4. The molecule has 2 saturated heterocycles. The van der Waals surface area contributed by atoms with Crippen molar-refractivity contribution >= 4 is 29.6 Å². The Kier molecular flexibility index (Phi) is 9.76. The van der Waals surface area contributed by atoms with Gasteiger partial charge in [-0.2, -0.15) is 13.2 Å². The van der Waals surface area contributed by atoms with Crippen molar-refractivity contribution < 1.29 is 55.9 Å². The van der Waals surface area contributed by atoms with Gasteiger partial charge in [0.25, 0.3) is 0 Å². The van der Waals surface area contributed by atoms with E-state index in [-0.39, 0.29) is 59.2 Å². The van der Waals surface area contributed by atoms with Gasteiger partial charge in [-0.1, -0.05) is 23.4 Å². The van der Waals surface area contributed by atoms with Crippen LogP contribution >= 0.6 is 0 Å². The van der Waals surface area contributed by atoms with E-state index in [1.165, 1.54) is 23.2 Å². The summed E-state index contributed by atoms with van der Waals surface area (Å²) in [5.41, 5.74) is 3.66. The summed E-state index contributed by atoms with van der Waals surface area (Å²) in [6, 6.07) is 10.8. The zero-order valence-electron chi connectivity index (χ0n) is 28.1. The number of anilines is 1. The van der Waals surface area contributed by atoms with Crippen LogP contribution in [-0.2, 0) is 9.59 Å². The lowest BCUT2D eigenvalue weighted by Gasteiger charge is -2.61. The van der Waals surface area contributed by atoms with Gasteiger partial charge in [0.2, 0.25) is 11.7 Å². The number of likely N-dealkylation sites (tertiary alicyclic amines) is 1. The number of nitrogens with zero attached hydrogens (tertiary/aromatic N) is 5. The van der Waals surface area contributed by atoms with Crippen LogP contribution < -0.4 is 10.2 Å². The summed E-state index contributed by atoms with van der Waals surface area (Å²) in [4.78, 5) is 55.7. The summed E-state index contributed by atoms with van der Waals surface area (Å²) in [6.07, 6.45) is -1.59. The van der Waals surface area contributed by atoms with Crippen molar-refractivity contribution in [3.8, 4) is 22.6 Å². The van der Waals surface area contributed by atoms with E-state index in [2.05, 4.69) is 32.3 Å². The molecule has 1 atom stereocenters. The number of aromatic nitrogens is 3. The topological polar surface area (TPSA) is 179 Å². The molecule has 4 aromatic rings. The number of rotatable bonds is 7. The summed E-state index contributed by atoms with van der Waals surface area (Å²) in [5, 5.41) is 22.1. The van der Waals surface area contributed by atoms with E-state index in [1.807, 2.05) is 12.1 Å². The van der Waals surface area contributed by atoms with Gasteiger partial charge in [0.15, 0.2) is 11.5 Å². The minimum absolute atomic E-state index is 0.00263. The van der Waals surface area contributed by atoms with Gasteiger partial charge >= 0.3 is 24.1 Å². The third-order valence-electron chi connectivity index (χ3n) is 9.71. The Hall–Kier alpha value is -5.78. The van der Waals surface area contributed by atoms with E-state index in [9.17, 15) is 31.9 Å². The second kappa shape index (κ2) is 14.0. The van der Waals surface area contributed by atoms with Gasteiger partial charge < -0.3 is 14.7 Å². The number of alkyl halides is 3. The zero-order chi connectivity index (χ0) is 38.4. The molecule has 278 valence electrons. The number of carbonyl (C=O) groups excluding carboxylic acids is 2. The summed E-state index contributed by atoms with van der Waals surface area (Å²) in [6.45, 7) is 5.67. The monoisotopic (exact) mass is 742 g/mol. The second-order valence-electron chi connectivity index (χ2n) is 13.3. The van der Waals surface area contributed by atoms with Gasteiger partial charge in [0, 0.05) is 61.2 Å². The SMILES string of the molecule is Cc1nc(-c2cc(C(=O)O)on2)ncc1-c1ccc(C(C)N2CC3(CC(c4ccc(N5CCC(=O)NC5=O)c(F)c4)C3)C2)cc1F.O=C(O)C(F)(F)F. The third kappa shape index (κ3) is 7.58. The van der Waals surface area contributed by atoms with Gasteiger partial charge in [-0.05, 0) is 67.3 Å². The molecule has 2 aromatic carbocycles. The first kappa shape index (κ1) is 37.0. The Balaban J connectivity index is 0.000000626. The Morgan fingerprint density at radius 1 is 1.02 bits per heavy atom. The minimum atomic E-state index is -5.08. The van der Waals surface area contributed by atoms with Gasteiger partial charge in [-0.3, -0.25) is 19.9 Å². The van der Waals surface area contributed by atoms with Crippen molar-refractivity contribution in [1.82, 2.24) is 25.3 Å². The highest BCUT2D eigenvalue weighted by molar-refractivity contribution is 6.05. The Bertz CT molecular complexity index is 2110. The van der Waals surface area contributed by atoms with E-state index in [1.54, 1.807) is 25.1 Å². The number of hydrogen-bond donors (Lipinski definition) is 3. The van der Waals surface area contributed by atoms with Crippen molar-refractivity contribution in [2.45, 2.75) is 51.2 Å². The highest BCUT2D eigenvalue weighted by Gasteiger charge is 2.53. The van der Waals surface area contributed by atoms with Crippen LogP contribution in [0.15, 0.2) is 53.2 Å². The van der Waals surface area contributed by atoms with Gasteiger partial charge in [-0.15, -0.1) is 0 Å². The van der Waals surface area contributed by atoms with Crippen LogP contribution in [-0.4, -0.2) is 79.9 Å². The van der Waals surface area contributed by atoms with Gasteiger partial charge in [-0.25, -0.2) is 33.1 Å². The standard InChI is InChI=1S/C33H30F2N6O5.C2HF3O2/c1-17-23(14-36-30(37-17)26-11-28(31(43)44)46-39-26)22-5-3-19(9-24(22)34)18(2)40-15-33(16-40)12-21(13-33)20-4-6-27(25(35)10-20)41-8-7-29(42)38-32(41)45;3-2(4,5)1(6)7/h3-6,9-11,14,18,21H,7-8,12-13,15-16H2,1-2H3,(H,43,44)(H,38,42,45);(H,6,7). The number of aryl methyl sites for hydroxylation is 1. The molecule has 1 unspecified atom stereocenters. The molecule has 0 radical (unpaired) electrons. The molecule has 3 fully saturated rings. The molecule has 1 saturated carbocycles. The van der Waals surface area contributed by atoms with E-state index in [0.717, 1.165) is 37.1 Å². The summed E-state index contributed by atoms with van der Waals surface area (Å²) < 4.78 is 66.9. The first-order chi connectivity index (χ1) is 24.9. The number of benzene rings is 2. The number of amides is 3. The molecule has 1 aliphatic carbocycles. The van der Waals surface area contributed by atoms with Crippen LogP contribution in [0, 0.1) is 24.0 Å². The second-order valence-corrected chi connectivity index (χ2v) is 13.3. The lowest BCUT2D eigenvalue weighted by molar-refractivity contribution is -0.192. The number of aliphatic carboxylic acids is 1. The maximum Gasteiger partial charge on any atom is 0.490 e. The van der Waals surface area contributed by atoms with Crippen molar-refractivity contribution in [1.29, 1.82) is 0 Å². The number of hydrogen-bond acceptors (Lipinski definition) is 9. The molecule has 3 amide bonds. The first-order valence-corrected chi connectivity index (χ1v) is 16.2. The number of carboxylic acids is 2. The quantitative estimate of drug-likeness (QED) is 0.186. The molecule has 13 nitrogen and oxygen atoms in total. The Morgan fingerprint density at radius 2 is 1.72 bits per heavy atom. The molecule has 0 bridgehead atoms. The number of carbonyl (C=O) groups is 4. The minimum Gasteiger partial charge on any atom is -0.475 e. The Labute approximate surface area is 297 Å². The van der Waals surface area contributed by atoms with E-state index >= 15 is 4.39 Å². The van der Waals surface area contributed by atoms with Crippen molar-refractivity contribution in [2.75, 3.05) is 24.5 Å². The largest absolute Gasteiger partial charge is 0.490 e.